The second-order valence-electron chi connectivity index (χ2n) is 7.83. The standard InChI is InChI=1S/C24H25N5O3/c1-14(2)21(24(31)32-3)29-22-16-9-5-7-11-19(16)27-20(28-22)13-26-23(30)17-12-25-18-10-6-4-8-15(17)18/h4-12,14,21,25H,13H2,1-3H3,(H,26,30)(H,27,28,29)/t21-/m0/s1. The lowest BCUT2D eigenvalue weighted by molar-refractivity contribution is -0.142. The molecule has 4 rings (SSSR count). The monoisotopic (exact) mass is 431 g/mol. The maximum absolute atomic E-state index is 12.8. The van der Waals surface area contributed by atoms with Crippen LogP contribution in [0.1, 0.15) is 30.0 Å². The number of para-hydroxylation sites is 2. The van der Waals surface area contributed by atoms with Gasteiger partial charge < -0.3 is 20.4 Å². The molecule has 0 aliphatic rings. The van der Waals surface area contributed by atoms with Crippen LogP contribution < -0.4 is 10.6 Å². The molecule has 4 aromatic rings. The fourth-order valence-electron chi connectivity index (χ4n) is 3.60. The van der Waals surface area contributed by atoms with Crippen molar-refractivity contribution in [2.24, 2.45) is 5.92 Å². The number of ether oxygens (including phenoxy) is 1. The molecule has 1 amide bonds. The summed E-state index contributed by atoms with van der Waals surface area (Å²) in [6.07, 6.45) is 1.69. The highest BCUT2D eigenvalue weighted by Crippen LogP contribution is 2.23. The number of esters is 1. The van der Waals surface area contributed by atoms with Crippen molar-refractivity contribution in [1.82, 2.24) is 20.3 Å². The lowest BCUT2D eigenvalue weighted by Crippen LogP contribution is -2.36. The van der Waals surface area contributed by atoms with E-state index in [1.54, 1.807) is 6.20 Å². The second-order valence-corrected chi connectivity index (χ2v) is 7.83. The van der Waals surface area contributed by atoms with Crippen molar-refractivity contribution in [3.05, 3.63) is 66.1 Å². The Balaban J connectivity index is 1.60. The number of aromatic amines is 1. The zero-order valence-electron chi connectivity index (χ0n) is 18.2. The van der Waals surface area contributed by atoms with E-state index in [4.69, 9.17) is 4.74 Å². The second kappa shape index (κ2) is 9.05. The molecule has 2 aromatic heterocycles. The zero-order valence-corrected chi connectivity index (χ0v) is 18.2. The maximum atomic E-state index is 12.8. The van der Waals surface area contributed by atoms with E-state index in [9.17, 15) is 9.59 Å². The quantitative estimate of drug-likeness (QED) is 0.386. The number of H-pyrrole nitrogens is 1. The highest BCUT2D eigenvalue weighted by Gasteiger charge is 2.24. The molecular formula is C24H25N5O3. The number of carbonyl (C=O) groups excluding carboxylic acids is 2. The van der Waals surface area contributed by atoms with E-state index in [0.29, 0.717) is 22.7 Å². The first kappa shape index (κ1) is 21.3. The molecule has 164 valence electrons. The van der Waals surface area contributed by atoms with Crippen LogP contribution in [0.4, 0.5) is 5.82 Å². The number of nitrogens with one attached hydrogen (secondary N) is 3. The van der Waals surface area contributed by atoms with E-state index < -0.39 is 6.04 Å². The number of fused-ring (bicyclic) bond motifs is 2. The zero-order chi connectivity index (χ0) is 22.7. The minimum Gasteiger partial charge on any atom is -0.467 e. The molecule has 0 saturated heterocycles. The van der Waals surface area contributed by atoms with Crippen LogP contribution in [-0.4, -0.2) is 40.0 Å². The molecular weight excluding hydrogens is 406 g/mol. The van der Waals surface area contributed by atoms with Gasteiger partial charge in [-0.05, 0) is 24.1 Å². The van der Waals surface area contributed by atoms with Crippen LogP contribution >= 0.6 is 0 Å². The number of anilines is 1. The Kier molecular flexibility index (Phi) is 6.02. The normalized spacial score (nSPS) is 12.1. The molecule has 0 saturated carbocycles. The Morgan fingerprint density at radius 2 is 1.75 bits per heavy atom. The van der Waals surface area contributed by atoms with Crippen LogP contribution in [0.25, 0.3) is 21.8 Å². The lowest BCUT2D eigenvalue weighted by Gasteiger charge is -2.21. The number of nitrogens with zero attached hydrogens (tertiary/aromatic N) is 2. The van der Waals surface area contributed by atoms with Gasteiger partial charge in [0.2, 0.25) is 0 Å². The molecule has 3 N–H and O–H groups in total. The van der Waals surface area contributed by atoms with Gasteiger partial charge in [-0.15, -0.1) is 0 Å². The highest BCUT2D eigenvalue weighted by molar-refractivity contribution is 6.06. The molecule has 0 bridgehead atoms. The third-order valence-corrected chi connectivity index (χ3v) is 5.30. The smallest absolute Gasteiger partial charge is 0.328 e. The number of methoxy groups -OCH3 is 1. The summed E-state index contributed by atoms with van der Waals surface area (Å²) in [5.41, 5.74) is 2.17. The van der Waals surface area contributed by atoms with Gasteiger partial charge in [-0.2, -0.15) is 0 Å². The summed E-state index contributed by atoms with van der Waals surface area (Å²) in [4.78, 5) is 37.3. The fourth-order valence-corrected chi connectivity index (χ4v) is 3.60. The predicted molar refractivity (Wildman–Crippen MR) is 123 cm³/mol. The molecule has 0 spiro atoms. The molecule has 1 atom stereocenters. The number of rotatable bonds is 7. The van der Waals surface area contributed by atoms with Crippen molar-refractivity contribution < 1.29 is 14.3 Å². The minimum absolute atomic E-state index is 0.0128. The van der Waals surface area contributed by atoms with Crippen LogP contribution in [0, 0.1) is 5.92 Å². The van der Waals surface area contributed by atoms with Gasteiger partial charge in [0.25, 0.3) is 5.91 Å². The lowest BCUT2D eigenvalue weighted by atomic mass is 10.0. The van der Waals surface area contributed by atoms with Gasteiger partial charge in [0, 0.05) is 22.5 Å². The molecule has 0 fully saturated rings. The Bertz CT molecular complexity index is 1280. The Morgan fingerprint density at radius 3 is 2.50 bits per heavy atom. The van der Waals surface area contributed by atoms with Crippen molar-refractivity contribution in [3.63, 3.8) is 0 Å². The van der Waals surface area contributed by atoms with Gasteiger partial charge in [-0.3, -0.25) is 4.79 Å². The van der Waals surface area contributed by atoms with Gasteiger partial charge in [-0.25, -0.2) is 14.8 Å². The topological polar surface area (TPSA) is 109 Å². The average molecular weight is 431 g/mol. The first-order valence-corrected chi connectivity index (χ1v) is 10.4. The number of amides is 1. The number of aromatic nitrogens is 3. The molecule has 32 heavy (non-hydrogen) atoms. The van der Waals surface area contributed by atoms with Crippen molar-refractivity contribution in [2.45, 2.75) is 26.4 Å². The van der Waals surface area contributed by atoms with Crippen molar-refractivity contribution in [3.8, 4) is 0 Å². The fraction of sp³-hybridized carbons (Fsp3) is 0.250. The average Bonchev–Trinajstić information content (AvgIpc) is 3.24. The van der Waals surface area contributed by atoms with Gasteiger partial charge in [0.15, 0.2) is 5.82 Å². The van der Waals surface area contributed by atoms with Crippen LogP contribution in [0.2, 0.25) is 0 Å². The molecule has 2 aromatic carbocycles. The van der Waals surface area contributed by atoms with E-state index >= 15 is 0 Å². The first-order chi connectivity index (χ1) is 15.5. The largest absolute Gasteiger partial charge is 0.467 e. The summed E-state index contributed by atoms with van der Waals surface area (Å²) in [6, 6.07) is 14.6. The Labute approximate surface area is 185 Å². The summed E-state index contributed by atoms with van der Waals surface area (Å²) in [5, 5.41) is 7.74. The molecule has 8 heteroatoms. The molecule has 8 nitrogen and oxygen atoms in total. The molecule has 0 unspecified atom stereocenters. The number of carbonyl (C=O) groups is 2. The summed E-state index contributed by atoms with van der Waals surface area (Å²) < 4.78 is 4.94. The number of benzene rings is 2. The SMILES string of the molecule is COC(=O)[C@@H](Nc1nc(CNC(=O)c2c[nH]c3ccccc23)nc2ccccc12)C(C)C. The molecule has 0 aliphatic heterocycles. The predicted octanol–water partition coefficient (Wildman–Crippen LogP) is 3.65. The summed E-state index contributed by atoms with van der Waals surface area (Å²) >= 11 is 0. The number of hydrogen-bond acceptors (Lipinski definition) is 6. The van der Waals surface area contributed by atoms with Crippen LogP contribution in [0.3, 0.4) is 0 Å². The van der Waals surface area contributed by atoms with E-state index in [1.165, 1.54) is 7.11 Å². The van der Waals surface area contributed by atoms with E-state index in [0.717, 1.165) is 16.3 Å². The molecule has 0 radical (unpaired) electrons. The highest BCUT2D eigenvalue weighted by atomic mass is 16.5. The molecule has 2 heterocycles. The maximum Gasteiger partial charge on any atom is 0.328 e. The summed E-state index contributed by atoms with van der Waals surface area (Å²) in [7, 11) is 1.36. The van der Waals surface area contributed by atoms with Gasteiger partial charge in [0.05, 0.1) is 24.7 Å². The Morgan fingerprint density at radius 1 is 1.03 bits per heavy atom. The molecule has 0 aliphatic carbocycles. The van der Waals surface area contributed by atoms with Crippen molar-refractivity contribution in [2.75, 3.05) is 12.4 Å². The summed E-state index contributed by atoms with van der Waals surface area (Å²) in [6.45, 7) is 4.00. The van der Waals surface area contributed by atoms with E-state index in [2.05, 4.69) is 25.6 Å². The van der Waals surface area contributed by atoms with Crippen LogP contribution in [0.5, 0.6) is 0 Å². The van der Waals surface area contributed by atoms with Gasteiger partial charge >= 0.3 is 5.97 Å². The Hall–Kier alpha value is -3.94. The summed E-state index contributed by atoms with van der Waals surface area (Å²) in [5.74, 6) is 0.365. The van der Waals surface area contributed by atoms with E-state index in [-0.39, 0.29) is 24.3 Å². The van der Waals surface area contributed by atoms with E-state index in [1.807, 2.05) is 62.4 Å². The van der Waals surface area contributed by atoms with Crippen molar-refractivity contribution >= 4 is 39.5 Å². The first-order valence-electron chi connectivity index (χ1n) is 10.4. The number of hydrogen-bond donors (Lipinski definition) is 3. The van der Waals surface area contributed by atoms with Crippen LogP contribution in [-0.2, 0) is 16.1 Å². The third kappa shape index (κ3) is 4.25. The van der Waals surface area contributed by atoms with Gasteiger partial charge in [0.1, 0.15) is 11.9 Å². The van der Waals surface area contributed by atoms with Gasteiger partial charge in [-0.1, -0.05) is 44.2 Å². The minimum atomic E-state index is -0.563. The van der Waals surface area contributed by atoms with Crippen molar-refractivity contribution in [1.29, 1.82) is 0 Å². The third-order valence-electron chi connectivity index (χ3n) is 5.30. The van der Waals surface area contributed by atoms with Crippen LogP contribution in [0.15, 0.2) is 54.7 Å².